The Bertz CT molecular complexity index is 2150. The molecule has 0 saturated carbocycles. The molecule has 3 heterocycles. The Balaban J connectivity index is 1.29. The van der Waals surface area contributed by atoms with Gasteiger partial charge in [-0.05, 0) is 44.9 Å². The van der Waals surface area contributed by atoms with Gasteiger partial charge in [0.1, 0.15) is 39.0 Å². The Morgan fingerprint density at radius 1 is 0.390 bits per heavy atom. The first kappa shape index (κ1) is 68.3. The number of ether oxygens (including phenoxy) is 9. The van der Waals surface area contributed by atoms with Crippen LogP contribution in [0, 0.1) is 5.41 Å². The van der Waals surface area contributed by atoms with Crippen LogP contribution in [0.2, 0.25) is 0 Å². The summed E-state index contributed by atoms with van der Waals surface area (Å²) in [5.74, 6) is -0.0926. The number of unbranched alkanes of at least 4 members (excludes halogenated alkanes) is 11. The molecule has 0 spiro atoms. The monoisotopic (exact) mass is 1160 g/mol. The highest BCUT2D eigenvalue weighted by Crippen LogP contribution is 2.25. The van der Waals surface area contributed by atoms with Crippen molar-refractivity contribution >= 4 is 54.5 Å². The van der Waals surface area contributed by atoms with Gasteiger partial charge in [-0.25, -0.2) is 43.7 Å². The maximum Gasteiger partial charge on any atom is 0.508 e. The van der Waals surface area contributed by atoms with E-state index in [1.807, 2.05) is 0 Å². The van der Waals surface area contributed by atoms with E-state index in [-0.39, 0.29) is 89.6 Å². The summed E-state index contributed by atoms with van der Waals surface area (Å²) in [6, 6.07) is 0. The number of rotatable bonds is 44. The Kier molecular flexibility index (Phi) is 36.5. The Labute approximate surface area is 478 Å². The van der Waals surface area contributed by atoms with Crippen molar-refractivity contribution in [1.82, 2.24) is 49.9 Å². The van der Waals surface area contributed by atoms with Crippen LogP contribution in [0.15, 0.2) is 56.2 Å². The lowest BCUT2D eigenvalue weighted by Gasteiger charge is -2.30. The van der Waals surface area contributed by atoms with Crippen molar-refractivity contribution < 1.29 is 85.8 Å². The summed E-state index contributed by atoms with van der Waals surface area (Å²) in [6.45, 7) is 1.75. The highest BCUT2D eigenvalue weighted by molar-refractivity contribution is 5.79. The quantitative estimate of drug-likeness (QED) is 0.0241. The molecule has 4 N–H and O–H groups in total. The number of hydrogen-bond donors (Lipinski definition) is 4. The predicted octanol–water partition coefficient (Wildman–Crippen LogP) is 7.52. The number of hydrogen-bond acceptors (Lipinski definition) is 21. The Hall–Kier alpha value is -7.94. The van der Waals surface area contributed by atoms with Crippen LogP contribution in [0.3, 0.4) is 0 Å². The largest absolute Gasteiger partial charge is 0.508 e. The first-order valence-electron chi connectivity index (χ1n) is 28.2. The highest BCUT2D eigenvalue weighted by Gasteiger charge is 2.35. The van der Waals surface area contributed by atoms with Gasteiger partial charge in [-0.2, -0.15) is 0 Å². The van der Waals surface area contributed by atoms with Gasteiger partial charge >= 0.3 is 36.7 Å². The van der Waals surface area contributed by atoms with Crippen molar-refractivity contribution in [2.45, 2.75) is 142 Å². The molecule has 0 aliphatic heterocycles. The Morgan fingerprint density at radius 2 is 0.732 bits per heavy atom. The zero-order valence-electron chi connectivity index (χ0n) is 47.3. The van der Waals surface area contributed by atoms with Crippen LogP contribution in [-0.2, 0) is 54.0 Å². The van der Waals surface area contributed by atoms with E-state index in [4.69, 9.17) is 42.6 Å². The molecule has 0 radical (unpaired) electrons. The minimum absolute atomic E-state index is 0.000357. The van der Waals surface area contributed by atoms with Crippen LogP contribution in [0.5, 0.6) is 0 Å². The molecule has 3 aromatic heterocycles. The smallest absolute Gasteiger partial charge is 0.449 e. The van der Waals surface area contributed by atoms with Gasteiger partial charge in [0.15, 0.2) is 0 Å². The molecule has 0 aliphatic carbocycles. The molecule has 3 aromatic rings. The number of carbonyl (C=O) groups excluding carboxylic acids is 9. The summed E-state index contributed by atoms with van der Waals surface area (Å²) in [5.41, 5.74) is -1.29. The maximum atomic E-state index is 12.6. The third kappa shape index (κ3) is 34.3. The predicted molar refractivity (Wildman–Crippen MR) is 291 cm³/mol. The van der Waals surface area contributed by atoms with Crippen molar-refractivity contribution in [3.8, 4) is 0 Å². The molecule has 0 aromatic carbocycles. The van der Waals surface area contributed by atoms with E-state index in [9.17, 15) is 43.2 Å². The zero-order valence-corrected chi connectivity index (χ0v) is 47.3. The molecule has 3 rings (SSSR count). The summed E-state index contributed by atoms with van der Waals surface area (Å²) in [6.07, 6.45) is 22.2. The van der Waals surface area contributed by atoms with Gasteiger partial charge in [0, 0.05) is 95.5 Å². The number of aromatic nitrogens is 6. The molecular formula is C54H84N10O18. The van der Waals surface area contributed by atoms with Gasteiger partial charge < -0.3 is 68.5 Å². The molecular weight excluding hydrogens is 1080 g/mol. The second kappa shape index (κ2) is 43.8. The molecule has 4 amide bonds. The molecule has 0 aliphatic rings. The van der Waals surface area contributed by atoms with Gasteiger partial charge in [-0.3, -0.25) is 23.5 Å². The van der Waals surface area contributed by atoms with Gasteiger partial charge in [-0.1, -0.05) is 58.3 Å². The highest BCUT2D eigenvalue weighted by atomic mass is 16.7. The van der Waals surface area contributed by atoms with E-state index in [2.05, 4.69) is 36.2 Å². The normalized spacial score (nSPS) is 10.9. The van der Waals surface area contributed by atoms with Crippen molar-refractivity contribution in [1.29, 1.82) is 0 Å². The summed E-state index contributed by atoms with van der Waals surface area (Å²) in [5, 5.41) is 10.9. The lowest BCUT2D eigenvalue weighted by atomic mass is 9.88. The number of nitrogens with zero attached hydrogens (tertiary/aromatic N) is 6. The van der Waals surface area contributed by atoms with Crippen molar-refractivity contribution in [2.24, 2.45) is 5.41 Å². The average molecular weight is 1160 g/mol. The van der Waals surface area contributed by atoms with E-state index >= 15 is 0 Å². The van der Waals surface area contributed by atoms with E-state index < -0.39 is 62.0 Å². The third-order valence-corrected chi connectivity index (χ3v) is 12.3. The molecule has 0 saturated heterocycles. The maximum absolute atomic E-state index is 12.6. The lowest BCUT2D eigenvalue weighted by Crippen LogP contribution is -2.39. The molecule has 0 unspecified atom stereocenters. The molecule has 0 atom stereocenters. The van der Waals surface area contributed by atoms with Crippen LogP contribution < -0.4 is 21.3 Å². The minimum Gasteiger partial charge on any atom is -0.449 e. The molecule has 0 bridgehead atoms. The summed E-state index contributed by atoms with van der Waals surface area (Å²) >= 11 is 0. The van der Waals surface area contributed by atoms with Crippen LogP contribution in [0.25, 0.3) is 0 Å². The SMILES string of the molecule is CCC(COC(=O)OCCCOC(=O)NCCCCCCCC(=O)n1ccnc1)(COC(=O)OCCCOC(=O)NCCCCCCCC(=O)n1ccnc1)COC(=O)OCCCOC(=O)NCCCCCCNC(=O)Cn1ccnc1. The van der Waals surface area contributed by atoms with Crippen LogP contribution in [-0.4, -0.2) is 169 Å². The number of nitrogens with one attached hydrogen (secondary N) is 4. The lowest BCUT2D eigenvalue weighted by molar-refractivity contribution is -0.121. The van der Waals surface area contributed by atoms with Crippen LogP contribution >= 0.6 is 0 Å². The summed E-state index contributed by atoms with van der Waals surface area (Å²) < 4.78 is 51.5. The fourth-order valence-electron chi connectivity index (χ4n) is 7.42. The van der Waals surface area contributed by atoms with Crippen molar-refractivity contribution in [3.63, 3.8) is 0 Å². The minimum atomic E-state index is -1.29. The summed E-state index contributed by atoms with van der Waals surface area (Å²) in [4.78, 5) is 122. The fraction of sp³-hybridized carbons (Fsp3) is 0.667. The first-order chi connectivity index (χ1) is 39.9. The van der Waals surface area contributed by atoms with Gasteiger partial charge in [0.25, 0.3) is 0 Å². The van der Waals surface area contributed by atoms with Gasteiger partial charge in [0.05, 0.1) is 51.4 Å². The second-order valence-electron chi connectivity index (χ2n) is 19.0. The molecule has 458 valence electrons. The Morgan fingerprint density at radius 3 is 1.09 bits per heavy atom. The van der Waals surface area contributed by atoms with E-state index in [0.717, 1.165) is 83.5 Å². The van der Waals surface area contributed by atoms with Crippen LogP contribution in [0.1, 0.15) is 145 Å². The number of imidazole rings is 3. The molecule has 28 nitrogen and oxygen atoms in total. The zero-order chi connectivity index (χ0) is 59.1. The average Bonchev–Trinajstić information content (AvgIpc) is 4.40. The standard InChI is InChI=1S/C54H84N10O18/c1-2-54(39-80-51(71)77-35-17-32-74-48(68)59-23-14-7-3-5-11-20-46(66)63-30-27-56-43-63,40-81-52(72)78-36-18-33-75-49(69)60-24-15-8-4-6-12-21-47(67)64-31-28-57-44-64)41-82-53(73)79-37-19-34-76-50(70)61-25-16-10-9-13-22-58-45(65)38-62-29-26-55-42-62/h26-31,42-44H,2-25,32-41H2,1H3,(H,58,65)(H,59,68)(H,60,69)(H,61,70). The topological polar surface area (TPSA) is 338 Å². The van der Waals surface area contributed by atoms with Crippen LogP contribution in [0.4, 0.5) is 28.8 Å². The third-order valence-electron chi connectivity index (χ3n) is 12.3. The van der Waals surface area contributed by atoms with Gasteiger partial charge in [0.2, 0.25) is 17.7 Å². The molecule has 0 fully saturated rings. The molecule has 28 heteroatoms. The number of amides is 4. The van der Waals surface area contributed by atoms with Crippen molar-refractivity contribution in [2.75, 3.05) is 85.6 Å². The van der Waals surface area contributed by atoms with E-state index in [1.165, 1.54) is 21.8 Å². The van der Waals surface area contributed by atoms with E-state index in [0.29, 0.717) is 45.4 Å². The number of alkyl carbamates (subject to hydrolysis) is 3. The van der Waals surface area contributed by atoms with Gasteiger partial charge in [-0.15, -0.1) is 0 Å². The molecule has 82 heavy (non-hydrogen) atoms. The second-order valence-corrected chi connectivity index (χ2v) is 19.0. The first-order valence-corrected chi connectivity index (χ1v) is 28.2. The van der Waals surface area contributed by atoms with Crippen molar-refractivity contribution in [3.05, 3.63) is 56.2 Å². The number of carbonyl (C=O) groups is 9. The van der Waals surface area contributed by atoms with E-state index in [1.54, 1.807) is 55.0 Å². The fourth-order valence-corrected chi connectivity index (χ4v) is 7.42. The summed E-state index contributed by atoms with van der Waals surface area (Å²) in [7, 11) is 0.